The van der Waals surface area contributed by atoms with Crippen LogP contribution in [0.3, 0.4) is 0 Å². The molecule has 2 rings (SSSR count). The van der Waals surface area contributed by atoms with Gasteiger partial charge >= 0.3 is 0 Å². The van der Waals surface area contributed by atoms with Crippen LogP contribution in [-0.4, -0.2) is 25.5 Å². The first-order chi connectivity index (χ1) is 9.63. The molecule has 0 saturated carbocycles. The fraction of sp³-hybridized carbons (Fsp3) is 0.588. The van der Waals surface area contributed by atoms with Crippen molar-refractivity contribution in [2.24, 2.45) is 5.41 Å². The highest BCUT2D eigenvalue weighted by Gasteiger charge is 2.42. The van der Waals surface area contributed by atoms with Gasteiger partial charge in [0.1, 0.15) is 0 Å². The predicted molar refractivity (Wildman–Crippen MR) is 84.0 cm³/mol. The molecule has 1 N–H and O–H groups in total. The van der Waals surface area contributed by atoms with Crippen LogP contribution >= 0.6 is 0 Å². The Morgan fingerprint density at radius 1 is 1.30 bits per heavy atom. The van der Waals surface area contributed by atoms with Crippen LogP contribution in [-0.2, 0) is 4.79 Å². The maximum atomic E-state index is 13.1. The Balaban J connectivity index is 2.25. The molecule has 0 radical (unpaired) electrons. The van der Waals surface area contributed by atoms with E-state index >= 15 is 0 Å². The van der Waals surface area contributed by atoms with Crippen molar-refractivity contribution in [3.8, 4) is 0 Å². The van der Waals surface area contributed by atoms with Gasteiger partial charge in [0.25, 0.3) is 0 Å². The Morgan fingerprint density at radius 2 is 2.00 bits per heavy atom. The van der Waals surface area contributed by atoms with Crippen LogP contribution in [0.15, 0.2) is 24.3 Å². The molecule has 1 amide bonds. The van der Waals surface area contributed by atoms with Crippen molar-refractivity contribution in [2.75, 3.05) is 24.5 Å². The molecule has 0 aliphatic carbocycles. The minimum Gasteiger partial charge on any atom is -0.316 e. The lowest BCUT2D eigenvalue weighted by Gasteiger charge is -2.33. The van der Waals surface area contributed by atoms with E-state index < -0.39 is 0 Å². The molecule has 20 heavy (non-hydrogen) atoms. The minimum absolute atomic E-state index is 0.199. The molecule has 0 aromatic heterocycles. The molecule has 1 saturated heterocycles. The summed E-state index contributed by atoms with van der Waals surface area (Å²) in [5, 5.41) is 3.37. The summed E-state index contributed by atoms with van der Waals surface area (Å²) in [5.41, 5.74) is 2.05. The number of nitrogens with one attached hydrogen (secondary N) is 1. The number of carbonyl (C=O) groups excluding carboxylic acids is 1. The molecule has 3 nitrogen and oxygen atoms in total. The molecule has 1 atom stereocenters. The summed E-state index contributed by atoms with van der Waals surface area (Å²) in [6.07, 6.45) is 2.99. The zero-order chi connectivity index (χ0) is 14.6. The van der Waals surface area contributed by atoms with E-state index in [-0.39, 0.29) is 11.3 Å². The summed E-state index contributed by atoms with van der Waals surface area (Å²) in [5.74, 6) is 0.288. The lowest BCUT2D eigenvalue weighted by atomic mass is 9.81. The van der Waals surface area contributed by atoms with Crippen molar-refractivity contribution in [2.45, 2.75) is 40.0 Å². The average molecular weight is 274 g/mol. The molecule has 1 aromatic rings. The summed E-state index contributed by atoms with van der Waals surface area (Å²) < 4.78 is 0. The number of hydrogen-bond acceptors (Lipinski definition) is 2. The average Bonchev–Trinajstić information content (AvgIpc) is 2.92. The maximum absolute atomic E-state index is 13.1. The first-order valence-corrected chi connectivity index (χ1v) is 7.72. The SMILES string of the molecule is CCCC1(C(=O)N(CC)c2ccc(C)cc2)CCNC1. The Morgan fingerprint density at radius 3 is 2.50 bits per heavy atom. The van der Waals surface area contributed by atoms with Gasteiger partial charge < -0.3 is 10.2 Å². The Labute approximate surface area is 122 Å². The number of nitrogens with zero attached hydrogens (tertiary/aromatic N) is 1. The predicted octanol–water partition coefficient (Wildman–Crippen LogP) is 3.13. The van der Waals surface area contributed by atoms with Crippen LogP contribution < -0.4 is 10.2 Å². The smallest absolute Gasteiger partial charge is 0.234 e. The third kappa shape index (κ3) is 2.88. The Kier molecular flexibility index (Phi) is 4.81. The lowest BCUT2D eigenvalue weighted by Crippen LogP contribution is -2.45. The standard InChI is InChI=1S/C17H26N2O/c1-4-10-17(11-12-18-13-17)16(20)19(5-2)15-8-6-14(3)7-9-15/h6-9,18H,4-5,10-13H2,1-3H3. The van der Waals surface area contributed by atoms with Gasteiger partial charge in [0, 0.05) is 18.8 Å². The first-order valence-electron chi connectivity index (χ1n) is 7.72. The quantitative estimate of drug-likeness (QED) is 0.894. The zero-order valence-electron chi connectivity index (χ0n) is 12.9. The highest BCUT2D eigenvalue weighted by molar-refractivity contribution is 5.98. The summed E-state index contributed by atoms with van der Waals surface area (Å²) >= 11 is 0. The molecule has 1 unspecified atom stereocenters. The van der Waals surface area contributed by atoms with Crippen molar-refractivity contribution < 1.29 is 4.79 Å². The summed E-state index contributed by atoms with van der Waals surface area (Å²) in [6.45, 7) is 8.79. The fourth-order valence-electron chi connectivity index (χ4n) is 3.18. The number of carbonyl (C=O) groups is 1. The number of aryl methyl sites for hydroxylation is 1. The highest BCUT2D eigenvalue weighted by Crippen LogP contribution is 2.34. The van der Waals surface area contributed by atoms with Crippen molar-refractivity contribution in [3.63, 3.8) is 0 Å². The van der Waals surface area contributed by atoms with Gasteiger partial charge in [0.15, 0.2) is 0 Å². The molecule has 1 aromatic carbocycles. The van der Waals surface area contributed by atoms with Crippen LogP contribution in [0.25, 0.3) is 0 Å². The van der Waals surface area contributed by atoms with Crippen LogP contribution in [0.4, 0.5) is 5.69 Å². The van der Waals surface area contributed by atoms with Gasteiger partial charge in [-0.1, -0.05) is 31.0 Å². The number of rotatable bonds is 5. The Hall–Kier alpha value is -1.35. The molecular weight excluding hydrogens is 248 g/mol. The fourth-order valence-corrected chi connectivity index (χ4v) is 3.18. The van der Waals surface area contributed by atoms with E-state index in [0.29, 0.717) is 0 Å². The van der Waals surface area contributed by atoms with Gasteiger partial charge in [-0.05, 0) is 45.4 Å². The second-order valence-corrected chi connectivity index (χ2v) is 5.84. The zero-order valence-corrected chi connectivity index (χ0v) is 12.9. The summed E-state index contributed by atoms with van der Waals surface area (Å²) in [6, 6.07) is 8.26. The molecule has 1 fully saturated rings. The first kappa shape index (κ1) is 15.0. The van der Waals surface area contributed by atoms with Crippen LogP contribution in [0.2, 0.25) is 0 Å². The van der Waals surface area contributed by atoms with Crippen LogP contribution in [0, 0.1) is 12.3 Å². The van der Waals surface area contributed by atoms with Gasteiger partial charge in [0.2, 0.25) is 5.91 Å². The van der Waals surface area contributed by atoms with E-state index in [1.165, 1.54) is 5.56 Å². The largest absolute Gasteiger partial charge is 0.316 e. The van der Waals surface area contributed by atoms with E-state index in [1.54, 1.807) is 0 Å². The van der Waals surface area contributed by atoms with E-state index in [0.717, 1.165) is 44.6 Å². The molecule has 0 spiro atoms. The lowest BCUT2D eigenvalue weighted by molar-refractivity contribution is -0.127. The topological polar surface area (TPSA) is 32.3 Å². The van der Waals surface area contributed by atoms with Crippen molar-refractivity contribution in [1.82, 2.24) is 5.32 Å². The number of benzene rings is 1. The van der Waals surface area contributed by atoms with Gasteiger partial charge in [0.05, 0.1) is 5.41 Å². The summed E-state index contributed by atoms with van der Waals surface area (Å²) in [7, 11) is 0. The molecule has 3 heteroatoms. The van der Waals surface area contributed by atoms with Crippen molar-refractivity contribution >= 4 is 11.6 Å². The van der Waals surface area contributed by atoms with Crippen LogP contribution in [0.1, 0.15) is 38.7 Å². The molecule has 110 valence electrons. The van der Waals surface area contributed by atoms with Crippen molar-refractivity contribution in [1.29, 1.82) is 0 Å². The second kappa shape index (κ2) is 6.40. The monoisotopic (exact) mass is 274 g/mol. The normalized spacial score (nSPS) is 21.9. The third-order valence-corrected chi connectivity index (χ3v) is 4.33. The molecule has 1 aliphatic rings. The van der Waals surface area contributed by atoms with E-state index in [9.17, 15) is 4.79 Å². The second-order valence-electron chi connectivity index (χ2n) is 5.84. The van der Waals surface area contributed by atoms with Gasteiger partial charge in [-0.15, -0.1) is 0 Å². The van der Waals surface area contributed by atoms with E-state index in [4.69, 9.17) is 0 Å². The van der Waals surface area contributed by atoms with Gasteiger partial charge in [-0.2, -0.15) is 0 Å². The van der Waals surface area contributed by atoms with Crippen LogP contribution in [0.5, 0.6) is 0 Å². The number of anilines is 1. The van der Waals surface area contributed by atoms with Gasteiger partial charge in [-0.25, -0.2) is 0 Å². The number of hydrogen-bond donors (Lipinski definition) is 1. The van der Waals surface area contributed by atoms with Crippen molar-refractivity contribution in [3.05, 3.63) is 29.8 Å². The highest BCUT2D eigenvalue weighted by atomic mass is 16.2. The van der Waals surface area contributed by atoms with E-state index in [1.807, 2.05) is 4.90 Å². The maximum Gasteiger partial charge on any atom is 0.234 e. The third-order valence-electron chi connectivity index (χ3n) is 4.33. The molecular formula is C17H26N2O. The van der Waals surface area contributed by atoms with E-state index in [2.05, 4.69) is 50.4 Å². The molecule has 0 bridgehead atoms. The number of amides is 1. The molecule has 1 aliphatic heterocycles. The minimum atomic E-state index is -0.199. The summed E-state index contributed by atoms with van der Waals surface area (Å²) in [4.78, 5) is 15.0. The Bertz CT molecular complexity index is 447. The van der Waals surface area contributed by atoms with Gasteiger partial charge in [-0.3, -0.25) is 4.79 Å². The molecule has 1 heterocycles.